The molecule has 0 atom stereocenters. The van der Waals surface area contributed by atoms with Crippen molar-refractivity contribution in [2.24, 2.45) is 17.8 Å². The predicted molar refractivity (Wildman–Crippen MR) is 96.1 cm³/mol. The summed E-state index contributed by atoms with van der Waals surface area (Å²) in [5.74, 6) is 1.93. The van der Waals surface area contributed by atoms with Gasteiger partial charge in [0.1, 0.15) is 0 Å². The van der Waals surface area contributed by atoms with Gasteiger partial charge in [0.2, 0.25) is 0 Å². The second-order valence-electron chi connectivity index (χ2n) is 7.10. The van der Waals surface area contributed by atoms with Crippen molar-refractivity contribution < 1.29 is 47.1 Å². The summed E-state index contributed by atoms with van der Waals surface area (Å²) in [6.45, 7) is 15.7. The third-order valence-corrected chi connectivity index (χ3v) is 7.61. The van der Waals surface area contributed by atoms with Crippen LogP contribution in [0.1, 0.15) is 61.3 Å². The molecule has 0 bridgehead atoms. The van der Waals surface area contributed by atoms with Crippen LogP contribution in [0.2, 0.25) is 18.1 Å². The molecule has 0 radical (unpaired) electrons. The summed E-state index contributed by atoms with van der Waals surface area (Å²) >= 11 is 0. The molecule has 0 unspecified atom stereocenters. The fraction of sp³-hybridized carbons (Fsp3) is 1.00. The average Bonchev–Trinajstić information content (AvgIpc) is 2.14. The van der Waals surface area contributed by atoms with Crippen LogP contribution in [-0.2, 0) is 26.2 Å². The zero-order valence-electron chi connectivity index (χ0n) is 15.9. The number of unbranched alkanes of at least 4 members (excludes halogenated alkanes) is 1. The Morgan fingerprint density at radius 2 is 1.05 bits per heavy atom. The van der Waals surface area contributed by atoms with E-state index in [9.17, 15) is 4.80 Å². The van der Waals surface area contributed by atoms with Crippen molar-refractivity contribution in [2.75, 3.05) is 6.61 Å². The van der Waals surface area contributed by atoms with E-state index < -0.39 is 8.32 Å². The van der Waals surface area contributed by atoms with Gasteiger partial charge in [0.25, 0.3) is 0 Å². The van der Waals surface area contributed by atoms with E-state index in [-0.39, 0.29) is 37.2 Å². The van der Waals surface area contributed by atoms with Crippen LogP contribution in [0.15, 0.2) is 0 Å². The molecule has 0 saturated heterocycles. The van der Waals surface area contributed by atoms with Gasteiger partial charge >= 0.3 is 0 Å². The minimum Gasteiger partial charge on any atom is -0.432 e. The fourth-order valence-corrected chi connectivity index (χ4v) is 7.75. The van der Waals surface area contributed by atoms with Crippen molar-refractivity contribution >= 4 is 8.32 Å². The molecule has 4 nitrogen and oxygen atoms in total. The van der Waals surface area contributed by atoms with Gasteiger partial charge < -0.3 is 20.9 Å². The van der Waals surface area contributed by atoms with Crippen molar-refractivity contribution in [3.63, 3.8) is 0 Å². The van der Waals surface area contributed by atoms with Crippen LogP contribution in [0.4, 0.5) is 0 Å². The van der Waals surface area contributed by atoms with E-state index >= 15 is 0 Å². The van der Waals surface area contributed by atoms with Gasteiger partial charge in [-0.1, -0.05) is 54.9 Å². The molecule has 0 fully saturated rings. The van der Waals surface area contributed by atoms with E-state index in [0.717, 1.165) is 31.0 Å². The maximum atomic E-state index is 10.7. The molecule has 0 aromatic rings. The molecule has 0 amide bonds. The molecule has 0 heterocycles. The Morgan fingerprint density at radius 3 is 1.14 bits per heavy atom. The molecule has 0 aliphatic heterocycles. The molecule has 0 rings (SSSR count). The summed E-state index contributed by atoms with van der Waals surface area (Å²) in [6, 6.07) is 3.22. The first kappa shape index (κ1) is 34.3. The number of aliphatic hydroxyl groups is 1. The molecule has 0 saturated carbocycles. The first-order valence-electron chi connectivity index (χ1n) is 8.00. The minimum absolute atomic E-state index is 0. The van der Waals surface area contributed by atoms with Crippen molar-refractivity contribution in [3.8, 4) is 0 Å². The SMILES string of the molecule is CC(C)C[Si](O)(CC(C)C)CC(C)C.CCCCO.O.O.[Zr]. The summed E-state index contributed by atoms with van der Waals surface area (Å²) in [5, 5.41) is 8.07. The molecule has 0 aromatic heterocycles. The Bertz CT molecular complexity index is 174. The molecule has 0 spiro atoms. The van der Waals surface area contributed by atoms with Crippen molar-refractivity contribution in [1.29, 1.82) is 0 Å². The van der Waals surface area contributed by atoms with Crippen LogP contribution >= 0.6 is 0 Å². The van der Waals surface area contributed by atoms with Crippen LogP contribution in [-0.4, -0.2) is 35.8 Å². The Kier molecular flexibility index (Phi) is 31.2. The van der Waals surface area contributed by atoms with Crippen molar-refractivity contribution in [1.82, 2.24) is 0 Å². The number of hydrogen-bond donors (Lipinski definition) is 2. The van der Waals surface area contributed by atoms with Gasteiger partial charge in [-0.05, 0) is 42.3 Å². The van der Waals surface area contributed by atoms with Gasteiger partial charge in [-0.2, -0.15) is 0 Å². The van der Waals surface area contributed by atoms with E-state index in [2.05, 4.69) is 48.5 Å². The van der Waals surface area contributed by atoms with Gasteiger partial charge in [-0.3, -0.25) is 0 Å². The predicted octanol–water partition coefficient (Wildman–Crippen LogP) is 3.02. The average molecular weight is 418 g/mol. The summed E-state index contributed by atoms with van der Waals surface area (Å²) in [6.07, 6.45) is 2.04. The molecule has 6 N–H and O–H groups in total. The third-order valence-electron chi connectivity index (χ3n) is 2.88. The van der Waals surface area contributed by atoms with E-state index in [1.165, 1.54) is 0 Å². The van der Waals surface area contributed by atoms with E-state index in [1.807, 2.05) is 0 Å². The zero-order chi connectivity index (χ0) is 15.5. The molecule has 0 aromatic carbocycles. The maximum absolute atomic E-state index is 10.7. The largest absolute Gasteiger partial charge is 0.432 e. The normalized spacial score (nSPS) is 10.4. The first-order chi connectivity index (χ1) is 8.66. The Hall–Kier alpha value is 0.940. The van der Waals surface area contributed by atoms with Gasteiger partial charge in [-0.15, -0.1) is 0 Å². The van der Waals surface area contributed by atoms with Crippen LogP contribution in [0.25, 0.3) is 0 Å². The van der Waals surface area contributed by atoms with E-state index in [4.69, 9.17) is 5.11 Å². The number of rotatable bonds is 8. The summed E-state index contributed by atoms with van der Waals surface area (Å²) in [4.78, 5) is 10.7. The van der Waals surface area contributed by atoms with Crippen LogP contribution in [0.3, 0.4) is 0 Å². The zero-order valence-corrected chi connectivity index (χ0v) is 19.3. The molecular weight excluding hydrogens is 375 g/mol. The second-order valence-corrected chi connectivity index (χ2v) is 10.8. The van der Waals surface area contributed by atoms with E-state index in [1.54, 1.807) is 0 Å². The van der Waals surface area contributed by atoms with Crippen molar-refractivity contribution in [2.45, 2.75) is 79.4 Å². The Morgan fingerprint density at radius 1 is 0.773 bits per heavy atom. The number of aliphatic hydroxyl groups excluding tert-OH is 1. The van der Waals surface area contributed by atoms with E-state index in [0.29, 0.717) is 24.4 Å². The molecule has 6 heteroatoms. The number of hydrogen-bond acceptors (Lipinski definition) is 2. The molecule has 138 valence electrons. The summed E-state index contributed by atoms with van der Waals surface area (Å²) in [7, 11) is -1.94. The van der Waals surface area contributed by atoms with Gasteiger partial charge in [0.15, 0.2) is 8.32 Å². The Labute approximate surface area is 159 Å². The van der Waals surface area contributed by atoms with Gasteiger partial charge in [-0.25, -0.2) is 0 Å². The summed E-state index contributed by atoms with van der Waals surface area (Å²) in [5.41, 5.74) is 0. The Balaban J connectivity index is -0.000000105. The quantitative estimate of drug-likeness (QED) is 0.593. The van der Waals surface area contributed by atoms with Crippen molar-refractivity contribution in [3.05, 3.63) is 0 Å². The topological polar surface area (TPSA) is 103 Å². The van der Waals surface area contributed by atoms with Crippen LogP contribution < -0.4 is 0 Å². The second kappa shape index (κ2) is 20.0. The molecule has 22 heavy (non-hydrogen) atoms. The monoisotopic (exact) mass is 416 g/mol. The molecule has 0 aliphatic rings. The standard InChI is InChI=1S/C12H28OSi.C4H10O.2H2O.Zr/c1-10(2)7-14(13,8-11(3)4)9-12(5)6;1-2-3-4-5;;;/h10-13H,7-9H2,1-6H3;5H,2-4H2,1H3;2*1H2;. The van der Waals surface area contributed by atoms with Gasteiger partial charge in [0.05, 0.1) is 0 Å². The molecular formula is C16H42O4SiZr. The summed E-state index contributed by atoms with van der Waals surface area (Å²) < 4.78 is 0. The van der Waals surface area contributed by atoms with Crippen LogP contribution in [0, 0.1) is 17.8 Å². The fourth-order valence-electron chi connectivity index (χ4n) is 2.69. The smallest absolute Gasteiger partial charge is 0.189 e. The van der Waals surface area contributed by atoms with Crippen LogP contribution in [0.5, 0.6) is 0 Å². The maximum Gasteiger partial charge on any atom is 0.189 e. The third kappa shape index (κ3) is 25.9. The molecule has 0 aliphatic carbocycles. The first-order valence-corrected chi connectivity index (χ1v) is 10.6. The van der Waals surface area contributed by atoms with Gasteiger partial charge in [0, 0.05) is 32.8 Å². The minimum atomic E-state index is -1.94.